The number of rotatable bonds is 4. The quantitative estimate of drug-likeness (QED) is 0.442. The van der Waals surface area contributed by atoms with E-state index in [4.69, 9.17) is 11.6 Å². The van der Waals surface area contributed by atoms with E-state index in [2.05, 4.69) is 15.3 Å². The monoisotopic (exact) mass is 470 g/mol. The predicted octanol–water partition coefficient (Wildman–Crippen LogP) is 4.55. The highest BCUT2D eigenvalue weighted by Gasteiger charge is 2.25. The highest BCUT2D eigenvalue weighted by molar-refractivity contribution is 6.30. The second kappa shape index (κ2) is 9.03. The second-order valence-electron chi connectivity index (χ2n) is 7.97. The summed E-state index contributed by atoms with van der Waals surface area (Å²) >= 11 is 5.87. The summed E-state index contributed by atoms with van der Waals surface area (Å²) in [6, 6.07) is 17.6. The number of nitrogens with zero attached hydrogens (tertiary/aromatic N) is 3. The summed E-state index contributed by atoms with van der Waals surface area (Å²) < 4.78 is 0. The molecule has 0 aliphatic carbocycles. The Balaban J connectivity index is 1.34. The Labute approximate surface area is 200 Å². The number of anilines is 1. The first kappa shape index (κ1) is 21.7. The number of carbonyl (C=O) groups excluding carboxylic acids is 3. The fourth-order valence-electron chi connectivity index (χ4n) is 4.10. The van der Waals surface area contributed by atoms with Crippen LogP contribution in [0.25, 0.3) is 10.8 Å². The normalized spacial score (nSPS) is 12.8. The topological polar surface area (TPSA) is 92.3 Å². The number of fused-ring (bicyclic) bond motifs is 2. The van der Waals surface area contributed by atoms with E-state index in [1.165, 1.54) is 0 Å². The van der Waals surface area contributed by atoms with Crippen LogP contribution in [0.3, 0.4) is 0 Å². The van der Waals surface area contributed by atoms with Crippen LogP contribution in [0, 0.1) is 0 Å². The van der Waals surface area contributed by atoms with E-state index in [0.29, 0.717) is 41.2 Å². The van der Waals surface area contributed by atoms with Gasteiger partial charge in [0.15, 0.2) is 6.29 Å². The molecule has 0 atom stereocenters. The van der Waals surface area contributed by atoms with Gasteiger partial charge in [-0.05, 0) is 41.1 Å². The van der Waals surface area contributed by atoms with Crippen LogP contribution in [-0.2, 0) is 13.0 Å². The van der Waals surface area contributed by atoms with Crippen LogP contribution in [0.4, 0.5) is 5.95 Å². The van der Waals surface area contributed by atoms with Crippen molar-refractivity contribution in [2.75, 3.05) is 11.9 Å². The standard InChI is InChI=1S/C26H19ClN4O3/c27-19-8-5-17(6-9-19)24(33)30-26-28-13-18-14-31(12-11-23(18)29-26)25(34)21-10-7-16-3-1-2-4-20(16)22(21)15-32/h1-10,13,15H,11-12,14H2,(H,28,29,30,33). The van der Waals surface area contributed by atoms with Crippen LogP contribution in [0.5, 0.6) is 0 Å². The molecule has 2 heterocycles. The molecule has 0 bridgehead atoms. The third-order valence-electron chi connectivity index (χ3n) is 5.87. The SMILES string of the molecule is O=Cc1c(C(=O)N2CCc3nc(NC(=O)c4ccc(Cl)cc4)ncc3C2)ccc2ccccc12. The average Bonchev–Trinajstić information content (AvgIpc) is 2.87. The second-order valence-corrected chi connectivity index (χ2v) is 8.41. The average molecular weight is 471 g/mol. The number of hydrogen-bond donors (Lipinski definition) is 1. The molecule has 4 aromatic rings. The van der Waals surface area contributed by atoms with Crippen molar-refractivity contribution < 1.29 is 14.4 Å². The van der Waals surface area contributed by atoms with Gasteiger partial charge in [-0.1, -0.05) is 41.9 Å². The van der Waals surface area contributed by atoms with E-state index in [1.807, 2.05) is 30.3 Å². The largest absolute Gasteiger partial charge is 0.334 e. The van der Waals surface area contributed by atoms with Gasteiger partial charge in [0, 0.05) is 47.4 Å². The van der Waals surface area contributed by atoms with Gasteiger partial charge in [0.25, 0.3) is 11.8 Å². The van der Waals surface area contributed by atoms with E-state index in [9.17, 15) is 14.4 Å². The third kappa shape index (κ3) is 4.13. The molecule has 1 aliphatic rings. The summed E-state index contributed by atoms with van der Waals surface area (Å²) in [6.45, 7) is 0.767. The lowest BCUT2D eigenvalue weighted by atomic mass is 9.98. The van der Waals surface area contributed by atoms with Gasteiger partial charge in [0.1, 0.15) is 0 Å². The number of carbonyl (C=O) groups is 3. The van der Waals surface area contributed by atoms with Crippen molar-refractivity contribution in [1.29, 1.82) is 0 Å². The molecule has 0 radical (unpaired) electrons. The molecular weight excluding hydrogens is 452 g/mol. The molecule has 168 valence electrons. The fraction of sp³-hybridized carbons (Fsp3) is 0.115. The lowest BCUT2D eigenvalue weighted by molar-refractivity contribution is 0.0730. The molecule has 7 nitrogen and oxygen atoms in total. The van der Waals surface area contributed by atoms with Crippen LogP contribution < -0.4 is 5.32 Å². The maximum absolute atomic E-state index is 13.3. The minimum absolute atomic E-state index is 0.205. The smallest absolute Gasteiger partial charge is 0.258 e. The molecule has 1 N–H and O–H groups in total. The maximum Gasteiger partial charge on any atom is 0.258 e. The Morgan fingerprint density at radius 2 is 1.82 bits per heavy atom. The summed E-state index contributed by atoms with van der Waals surface area (Å²) in [5.41, 5.74) is 2.80. The van der Waals surface area contributed by atoms with Crippen molar-refractivity contribution in [2.45, 2.75) is 13.0 Å². The molecule has 1 aromatic heterocycles. The molecule has 0 fully saturated rings. The van der Waals surface area contributed by atoms with Gasteiger partial charge >= 0.3 is 0 Å². The summed E-state index contributed by atoms with van der Waals surface area (Å²) in [5.74, 6) is -0.336. The highest BCUT2D eigenvalue weighted by atomic mass is 35.5. The zero-order valence-corrected chi connectivity index (χ0v) is 18.7. The Hall–Kier alpha value is -4.10. The number of aromatic nitrogens is 2. The molecule has 1 aliphatic heterocycles. The number of hydrogen-bond acceptors (Lipinski definition) is 5. The first-order chi connectivity index (χ1) is 16.5. The highest BCUT2D eigenvalue weighted by Crippen LogP contribution is 2.25. The van der Waals surface area contributed by atoms with Gasteiger partial charge in [0.05, 0.1) is 11.3 Å². The van der Waals surface area contributed by atoms with Crippen LogP contribution >= 0.6 is 11.6 Å². The number of nitrogens with one attached hydrogen (secondary N) is 1. The first-order valence-corrected chi connectivity index (χ1v) is 11.1. The maximum atomic E-state index is 13.3. The summed E-state index contributed by atoms with van der Waals surface area (Å²) in [4.78, 5) is 48.0. The van der Waals surface area contributed by atoms with Crippen molar-refractivity contribution in [3.8, 4) is 0 Å². The van der Waals surface area contributed by atoms with Crippen molar-refractivity contribution in [1.82, 2.24) is 14.9 Å². The number of amides is 2. The van der Waals surface area contributed by atoms with E-state index < -0.39 is 0 Å². The lowest BCUT2D eigenvalue weighted by Gasteiger charge is -2.28. The van der Waals surface area contributed by atoms with E-state index >= 15 is 0 Å². The molecule has 0 unspecified atom stereocenters. The van der Waals surface area contributed by atoms with Gasteiger partial charge < -0.3 is 4.90 Å². The Bertz CT molecular complexity index is 1440. The molecular formula is C26H19ClN4O3. The lowest BCUT2D eigenvalue weighted by Crippen LogP contribution is -2.37. The van der Waals surface area contributed by atoms with Crippen LogP contribution in [0.1, 0.15) is 42.3 Å². The van der Waals surface area contributed by atoms with Gasteiger partial charge in [0.2, 0.25) is 5.95 Å². The predicted molar refractivity (Wildman–Crippen MR) is 129 cm³/mol. The van der Waals surface area contributed by atoms with Gasteiger partial charge in [-0.3, -0.25) is 19.7 Å². The Morgan fingerprint density at radius 1 is 1.03 bits per heavy atom. The summed E-state index contributed by atoms with van der Waals surface area (Å²) in [6.07, 6.45) is 2.88. The minimum Gasteiger partial charge on any atom is -0.334 e. The molecule has 8 heteroatoms. The Morgan fingerprint density at radius 3 is 2.62 bits per heavy atom. The number of halogens is 1. The zero-order valence-electron chi connectivity index (χ0n) is 18.0. The van der Waals surface area contributed by atoms with E-state index in [-0.39, 0.29) is 17.8 Å². The van der Waals surface area contributed by atoms with Crippen molar-refractivity contribution in [3.63, 3.8) is 0 Å². The molecule has 0 saturated heterocycles. The molecule has 34 heavy (non-hydrogen) atoms. The van der Waals surface area contributed by atoms with Crippen LogP contribution in [0.15, 0.2) is 66.9 Å². The van der Waals surface area contributed by atoms with Gasteiger partial charge in [-0.25, -0.2) is 9.97 Å². The molecule has 0 spiro atoms. The van der Waals surface area contributed by atoms with Crippen molar-refractivity contribution in [2.24, 2.45) is 0 Å². The molecule has 2 amide bonds. The van der Waals surface area contributed by atoms with Gasteiger partial charge in [-0.15, -0.1) is 0 Å². The fourth-order valence-corrected chi connectivity index (χ4v) is 4.23. The third-order valence-corrected chi connectivity index (χ3v) is 6.12. The number of benzene rings is 3. The Kier molecular flexibility index (Phi) is 5.77. The summed E-state index contributed by atoms with van der Waals surface area (Å²) in [5, 5.41) is 4.91. The van der Waals surface area contributed by atoms with Crippen molar-refractivity contribution in [3.05, 3.63) is 99.8 Å². The van der Waals surface area contributed by atoms with Crippen LogP contribution in [-0.4, -0.2) is 39.5 Å². The zero-order chi connectivity index (χ0) is 23.7. The van der Waals surface area contributed by atoms with E-state index in [0.717, 1.165) is 28.3 Å². The van der Waals surface area contributed by atoms with Crippen LogP contribution in [0.2, 0.25) is 5.02 Å². The molecule has 5 rings (SSSR count). The van der Waals surface area contributed by atoms with Crippen molar-refractivity contribution >= 4 is 46.4 Å². The number of aldehydes is 1. The summed E-state index contributed by atoms with van der Waals surface area (Å²) in [7, 11) is 0. The molecule has 0 saturated carbocycles. The minimum atomic E-state index is -0.332. The molecule has 3 aromatic carbocycles. The van der Waals surface area contributed by atoms with Gasteiger partial charge in [-0.2, -0.15) is 0 Å². The first-order valence-electron chi connectivity index (χ1n) is 10.7. The van der Waals surface area contributed by atoms with E-state index in [1.54, 1.807) is 41.4 Å².